The monoisotopic (exact) mass is 346 g/mol. The van der Waals surface area contributed by atoms with Crippen LogP contribution in [0, 0.1) is 35.0 Å². The predicted molar refractivity (Wildman–Crippen MR) is 97.8 cm³/mol. The van der Waals surface area contributed by atoms with Gasteiger partial charge in [-0.25, -0.2) is 0 Å². The number of piperidine rings is 1. The Hall–Kier alpha value is -1.06. The largest absolute Gasteiger partial charge is 0.347 e. The van der Waals surface area contributed by atoms with Crippen LogP contribution < -0.4 is 5.32 Å². The molecular formula is C21H34N2O2. The maximum atomic E-state index is 12.6. The summed E-state index contributed by atoms with van der Waals surface area (Å²) in [7, 11) is 0. The number of hydrogen-bond acceptors (Lipinski definition) is 2. The summed E-state index contributed by atoms with van der Waals surface area (Å²) >= 11 is 0. The third-order valence-electron chi connectivity index (χ3n) is 7.36. The van der Waals surface area contributed by atoms with Crippen molar-refractivity contribution in [3.05, 3.63) is 0 Å². The van der Waals surface area contributed by atoms with Crippen LogP contribution in [-0.2, 0) is 9.59 Å². The number of nitrogens with one attached hydrogen (secondary N) is 1. The quantitative estimate of drug-likeness (QED) is 0.850. The van der Waals surface area contributed by atoms with Gasteiger partial charge < -0.3 is 10.2 Å². The number of amides is 2. The lowest BCUT2D eigenvalue weighted by Crippen LogP contribution is -2.49. The Morgan fingerprint density at radius 1 is 0.920 bits per heavy atom. The maximum Gasteiger partial charge on any atom is 0.241 e. The van der Waals surface area contributed by atoms with Crippen molar-refractivity contribution in [1.29, 1.82) is 0 Å². The number of nitrogens with zero attached hydrogens (tertiary/aromatic N) is 1. The van der Waals surface area contributed by atoms with Crippen LogP contribution in [0.4, 0.5) is 0 Å². The molecule has 2 amide bonds. The first-order valence-electron chi connectivity index (χ1n) is 10.5. The van der Waals surface area contributed by atoms with Crippen LogP contribution >= 0.6 is 0 Å². The molecule has 2 atom stereocenters. The molecule has 140 valence electrons. The van der Waals surface area contributed by atoms with Crippen LogP contribution in [0.15, 0.2) is 0 Å². The highest BCUT2D eigenvalue weighted by molar-refractivity contribution is 5.85. The number of carbonyl (C=O) groups is 2. The molecule has 1 aliphatic heterocycles. The molecule has 0 aromatic carbocycles. The molecule has 1 saturated heterocycles. The summed E-state index contributed by atoms with van der Waals surface area (Å²) in [5.41, 5.74) is 0.260. The number of carbonyl (C=O) groups excluding carboxylic acids is 2. The second kappa shape index (κ2) is 6.59. The molecule has 1 N–H and O–H groups in total. The highest BCUT2D eigenvalue weighted by Crippen LogP contribution is 2.61. The van der Waals surface area contributed by atoms with E-state index in [0.29, 0.717) is 18.3 Å². The first kappa shape index (κ1) is 17.4. The van der Waals surface area contributed by atoms with Crippen LogP contribution in [0.25, 0.3) is 0 Å². The third kappa shape index (κ3) is 3.73. The lowest BCUT2D eigenvalue weighted by atomic mass is 9.49. The van der Waals surface area contributed by atoms with Gasteiger partial charge in [-0.3, -0.25) is 9.59 Å². The molecule has 4 nitrogen and oxygen atoms in total. The van der Waals surface area contributed by atoms with Crippen molar-refractivity contribution in [2.45, 2.75) is 65.2 Å². The molecule has 0 radical (unpaired) electrons. The summed E-state index contributed by atoms with van der Waals surface area (Å²) in [6.45, 7) is 6.29. The van der Waals surface area contributed by atoms with Gasteiger partial charge in [0.2, 0.25) is 11.8 Å². The van der Waals surface area contributed by atoms with Crippen LogP contribution in [-0.4, -0.2) is 36.3 Å². The Labute approximate surface area is 152 Å². The van der Waals surface area contributed by atoms with Gasteiger partial charge in [0, 0.05) is 19.5 Å². The SMILES string of the molecule is C[C@@H]1C[C@H](C)CN(C(=O)CNC(=O)CC23CC4CC(CC(C4)C2)C3)C1. The fourth-order valence-electron chi connectivity index (χ4n) is 7.06. The van der Waals surface area contributed by atoms with E-state index in [4.69, 9.17) is 0 Å². The molecule has 0 aromatic heterocycles. The average Bonchev–Trinajstić information content (AvgIpc) is 2.49. The molecule has 5 aliphatic rings. The van der Waals surface area contributed by atoms with E-state index >= 15 is 0 Å². The third-order valence-corrected chi connectivity index (χ3v) is 7.36. The molecule has 5 rings (SSSR count). The van der Waals surface area contributed by atoms with Crippen LogP contribution in [0.5, 0.6) is 0 Å². The minimum atomic E-state index is 0.0947. The summed E-state index contributed by atoms with van der Waals surface area (Å²) in [5, 5.41) is 2.95. The molecule has 4 heteroatoms. The Kier molecular flexibility index (Phi) is 4.57. The molecular weight excluding hydrogens is 312 g/mol. The first-order valence-corrected chi connectivity index (χ1v) is 10.5. The molecule has 0 spiro atoms. The van der Waals surface area contributed by atoms with Crippen molar-refractivity contribution >= 4 is 11.8 Å². The van der Waals surface area contributed by atoms with E-state index in [1.54, 1.807) is 0 Å². The first-order chi connectivity index (χ1) is 11.9. The Morgan fingerprint density at radius 2 is 1.44 bits per heavy atom. The zero-order chi connectivity index (χ0) is 17.6. The van der Waals surface area contributed by atoms with Crippen molar-refractivity contribution in [1.82, 2.24) is 10.2 Å². The minimum absolute atomic E-state index is 0.0947. The second-order valence-electron chi connectivity index (χ2n) is 10.1. The van der Waals surface area contributed by atoms with Crippen LogP contribution in [0.1, 0.15) is 65.2 Å². The van der Waals surface area contributed by atoms with Crippen molar-refractivity contribution in [2.24, 2.45) is 35.0 Å². The maximum absolute atomic E-state index is 12.6. The van der Waals surface area contributed by atoms with Gasteiger partial charge in [-0.1, -0.05) is 13.8 Å². The molecule has 4 bridgehead atoms. The predicted octanol–water partition coefficient (Wildman–Crippen LogP) is 3.21. The van der Waals surface area contributed by atoms with Crippen LogP contribution in [0.3, 0.4) is 0 Å². The van der Waals surface area contributed by atoms with E-state index in [1.807, 2.05) is 4.90 Å². The molecule has 1 heterocycles. The van der Waals surface area contributed by atoms with Gasteiger partial charge in [0.05, 0.1) is 6.54 Å². The lowest BCUT2D eigenvalue weighted by molar-refractivity contribution is -0.137. The standard InChI is InChI=1S/C21H34N2O2/c1-14-3-15(2)13-23(12-14)20(25)11-22-19(24)10-21-7-16-4-17(8-21)6-18(5-16)9-21/h14-18H,3-13H2,1-2H3,(H,22,24)/t14-,15+,16?,17?,18?,21?. The van der Waals surface area contributed by atoms with E-state index in [9.17, 15) is 9.59 Å². The van der Waals surface area contributed by atoms with E-state index in [2.05, 4.69) is 19.2 Å². The Morgan fingerprint density at radius 3 is 1.96 bits per heavy atom. The molecule has 5 fully saturated rings. The van der Waals surface area contributed by atoms with Gasteiger partial charge in [0.1, 0.15) is 0 Å². The van der Waals surface area contributed by atoms with E-state index in [0.717, 1.165) is 30.8 Å². The van der Waals surface area contributed by atoms with Crippen molar-refractivity contribution in [3.63, 3.8) is 0 Å². The molecule has 0 aromatic rings. The summed E-state index contributed by atoms with van der Waals surface area (Å²) in [4.78, 5) is 27.0. The summed E-state index contributed by atoms with van der Waals surface area (Å²) in [6.07, 6.45) is 9.82. The molecule has 0 unspecified atom stereocenters. The fourth-order valence-corrected chi connectivity index (χ4v) is 7.06. The van der Waals surface area contributed by atoms with Crippen molar-refractivity contribution in [2.75, 3.05) is 19.6 Å². The van der Waals surface area contributed by atoms with E-state index < -0.39 is 0 Å². The smallest absolute Gasteiger partial charge is 0.241 e. The highest BCUT2D eigenvalue weighted by atomic mass is 16.2. The second-order valence-corrected chi connectivity index (χ2v) is 10.1. The van der Waals surface area contributed by atoms with E-state index in [1.165, 1.54) is 44.9 Å². The van der Waals surface area contributed by atoms with Crippen LogP contribution in [0.2, 0.25) is 0 Å². The lowest BCUT2D eigenvalue weighted by Gasteiger charge is -2.56. The zero-order valence-corrected chi connectivity index (χ0v) is 15.9. The summed E-state index contributed by atoms with van der Waals surface area (Å²) in [5.74, 6) is 3.95. The Balaban J connectivity index is 1.27. The number of rotatable bonds is 4. The molecule has 4 aliphatic carbocycles. The summed E-state index contributed by atoms with van der Waals surface area (Å²) < 4.78 is 0. The summed E-state index contributed by atoms with van der Waals surface area (Å²) in [6, 6.07) is 0. The normalized spacial score (nSPS) is 42.5. The van der Waals surface area contributed by atoms with Crippen molar-refractivity contribution in [3.8, 4) is 0 Å². The number of likely N-dealkylation sites (tertiary alicyclic amines) is 1. The Bertz CT molecular complexity index is 499. The molecule has 4 saturated carbocycles. The van der Waals surface area contributed by atoms with Gasteiger partial charge in [0.25, 0.3) is 0 Å². The number of hydrogen-bond donors (Lipinski definition) is 1. The molecule has 25 heavy (non-hydrogen) atoms. The minimum Gasteiger partial charge on any atom is -0.347 e. The van der Waals surface area contributed by atoms with Gasteiger partial charge >= 0.3 is 0 Å². The fraction of sp³-hybridized carbons (Fsp3) is 0.905. The van der Waals surface area contributed by atoms with E-state index in [-0.39, 0.29) is 23.8 Å². The zero-order valence-electron chi connectivity index (χ0n) is 15.9. The van der Waals surface area contributed by atoms with Crippen molar-refractivity contribution < 1.29 is 9.59 Å². The highest BCUT2D eigenvalue weighted by Gasteiger charge is 2.51. The van der Waals surface area contributed by atoms with Gasteiger partial charge in [0.15, 0.2) is 0 Å². The van der Waals surface area contributed by atoms with Gasteiger partial charge in [-0.15, -0.1) is 0 Å². The topological polar surface area (TPSA) is 49.4 Å². The average molecular weight is 347 g/mol. The van der Waals surface area contributed by atoms with Gasteiger partial charge in [-0.05, 0) is 80.0 Å². The van der Waals surface area contributed by atoms with Gasteiger partial charge in [-0.2, -0.15) is 0 Å².